The van der Waals surface area contributed by atoms with Crippen molar-refractivity contribution in [3.63, 3.8) is 0 Å². The van der Waals surface area contributed by atoms with Gasteiger partial charge in [0.15, 0.2) is 5.82 Å². The van der Waals surface area contributed by atoms with Crippen LogP contribution in [0.25, 0.3) is 33.5 Å². The van der Waals surface area contributed by atoms with E-state index in [1.54, 1.807) is 6.20 Å². The van der Waals surface area contributed by atoms with E-state index in [1.807, 2.05) is 56.4 Å². The lowest BCUT2D eigenvalue weighted by molar-refractivity contribution is 0.0532. The number of rotatable bonds is 6. The van der Waals surface area contributed by atoms with Gasteiger partial charge in [-0.1, -0.05) is 0 Å². The molecule has 9 heteroatoms. The van der Waals surface area contributed by atoms with Gasteiger partial charge in [-0.15, -0.1) is 0 Å². The Morgan fingerprint density at radius 3 is 2.52 bits per heavy atom. The van der Waals surface area contributed by atoms with Crippen LogP contribution in [0, 0.1) is 13.8 Å². The van der Waals surface area contributed by atoms with Crippen LogP contribution in [0.4, 0.5) is 28.4 Å². The number of ether oxygens (including phenoxy) is 1. The summed E-state index contributed by atoms with van der Waals surface area (Å²) in [4.78, 5) is 24.3. The third-order valence-corrected chi connectivity index (χ3v) is 7.48. The Bertz CT molecular complexity index is 1900. The van der Waals surface area contributed by atoms with Gasteiger partial charge < -0.3 is 25.3 Å². The van der Waals surface area contributed by atoms with E-state index in [9.17, 15) is 0 Å². The average Bonchev–Trinajstić information content (AvgIpc) is 3.41. The summed E-state index contributed by atoms with van der Waals surface area (Å²) in [5.41, 5.74) is 10.5. The van der Waals surface area contributed by atoms with E-state index in [0.29, 0.717) is 0 Å². The summed E-state index contributed by atoms with van der Waals surface area (Å²) in [5, 5.41) is 8.08. The zero-order valence-electron chi connectivity index (χ0n) is 23.8. The Hall–Kier alpha value is -5.02. The molecule has 0 saturated carbocycles. The molecule has 9 nitrogen and oxygen atoms in total. The van der Waals surface area contributed by atoms with E-state index in [2.05, 4.69) is 62.8 Å². The van der Waals surface area contributed by atoms with Gasteiger partial charge in [0.25, 0.3) is 0 Å². The van der Waals surface area contributed by atoms with Crippen molar-refractivity contribution in [2.75, 3.05) is 35.2 Å². The fourth-order valence-corrected chi connectivity index (χ4v) is 5.46. The molecule has 7 rings (SSSR count). The van der Waals surface area contributed by atoms with Crippen molar-refractivity contribution in [2.24, 2.45) is 0 Å². The van der Waals surface area contributed by atoms with Gasteiger partial charge >= 0.3 is 0 Å². The Labute approximate surface area is 244 Å². The zero-order valence-corrected chi connectivity index (χ0v) is 23.8. The van der Waals surface area contributed by atoms with Crippen LogP contribution in [0.3, 0.4) is 0 Å². The van der Waals surface area contributed by atoms with E-state index in [1.165, 1.54) is 5.69 Å². The van der Waals surface area contributed by atoms with Crippen molar-refractivity contribution < 1.29 is 4.74 Å². The monoisotopic (exact) mass is 556 g/mol. The first-order chi connectivity index (χ1) is 20.5. The number of hydrogen-bond acceptors (Lipinski definition) is 8. The molecule has 3 N–H and O–H groups in total. The van der Waals surface area contributed by atoms with E-state index in [0.717, 1.165) is 87.3 Å². The summed E-state index contributed by atoms with van der Waals surface area (Å²) < 4.78 is 5.74. The second-order valence-electron chi connectivity index (χ2n) is 10.8. The number of imidazole rings is 1. The van der Waals surface area contributed by atoms with Crippen molar-refractivity contribution in [1.82, 2.24) is 24.9 Å². The highest BCUT2D eigenvalue weighted by molar-refractivity contribution is 5.95. The van der Waals surface area contributed by atoms with Gasteiger partial charge in [0, 0.05) is 58.8 Å². The van der Waals surface area contributed by atoms with Crippen molar-refractivity contribution in [2.45, 2.75) is 26.9 Å². The third-order valence-electron chi connectivity index (χ3n) is 7.48. The molecule has 4 aromatic heterocycles. The molecule has 6 aromatic rings. The number of pyridine rings is 3. The van der Waals surface area contributed by atoms with Crippen LogP contribution in [-0.4, -0.2) is 50.7 Å². The number of H-pyrrole nitrogens is 1. The summed E-state index contributed by atoms with van der Waals surface area (Å²) in [6, 6.07) is 22.6. The summed E-state index contributed by atoms with van der Waals surface area (Å²) in [6.07, 6.45) is 3.86. The highest BCUT2D eigenvalue weighted by Crippen LogP contribution is 2.31. The van der Waals surface area contributed by atoms with Gasteiger partial charge in [-0.25, -0.2) is 4.98 Å². The number of hydrogen-bond donors (Lipinski definition) is 3. The Balaban J connectivity index is 1.12. The highest BCUT2D eigenvalue weighted by Gasteiger charge is 2.18. The topological polar surface area (TPSA) is 104 Å². The highest BCUT2D eigenvalue weighted by atomic mass is 16.5. The molecule has 42 heavy (non-hydrogen) atoms. The zero-order chi connectivity index (χ0) is 28.6. The van der Waals surface area contributed by atoms with Crippen LogP contribution in [0.2, 0.25) is 0 Å². The number of aryl methyl sites for hydroxylation is 2. The van der Waals surface area contributed by atoms with Crippen LogP contribution >= 0.6 is 0 Å². The lowest BCUT2D eigenvalue weighted by Crippen LogP contribution is -2.41. The van der Waals surface area contributed by atoms with Gasteiger partial charge in [-0.05, 0) is 87.5 Å². The minimum Gasteiger partial charge on any atom is -0.375 e. The van der Waals surface area contributed by atoms with Gasteiger partial charge in [-0.2, -0.15) is 0 Å². The van der Waals surface area contributed by atoms with Crippen molar-refractivity contribution in [3.05, 3.63) is 90.5 Å². The Morgan fingerprint density at radius 1 is 0.833 bits per heavy atom. The molecule has 0 amide bonds. The minimum atomic E-state index is 0.217. The molecule has 1 aliphatic heterocycles. The normalized spacial score (nSPS) is 15.3. The number of aromatic nitrogens is 5. The molecule has 1 fully saturated rings. The SMILES string of the molecule is Cc1cc(Nc2ccc3nc(-c4ccc(Nc5cc(C)nc6ccc(N7CCOC(C)C7)cc56)cn4)[nH]c3c2)ccn1. The first-order valence-electron chi connectivity index (χ1n) is 14.2. The van der Waals surface area contributed by atoms with Crippen LogP contribution in [0.5, 0.6) is 0 Å². The van der Waals surface area contributed by atoms with Crippen LogP contribution in [0.15, 0.2) is 79.1 Å². The first-order valence-corrected chi connectivity index (χ1v) is 14.2. The van der Waals surface area contributed by atoms with Crippen molar-refractivity contribution in [1.29, 1.82) is 0 Å². The number of aromatic amines is 1. The predicted octanol–water partition coefficient (Wildman–Crippen LogP) is 6.90. The minimum absolute atomic E-state index is 0.217. The lowest BCUT2D eigenvalue weighted by atomic mass is 10.1. The molecule has 1 unspecified atom stereocenters. The van der Waals surface area contributed by atoms with Crippen molar-refractivity contribution in [3.8, 4) is 11.5 Å². The number of morpholine rings is 1. The standard InChI is InChI=1S/C33H32N8O/c1-20-14-24(10-11-34-20)37-23-4-7-29-32(16-23)40-33(39-29)30-8-5-25(18-35-30)38-31-15-21(2)36-28-9-6-26(17-27(28)31)41-12-13-42-22(3)19-41/h4-11,14-18,22H,12-13,19H2,1-3H3,(H,34,37)(H,36,38)(H,39,40). The van der Waals surface area contributed by atoms with Gasteiger partial charge in [-0.3, -0.25) is 15.0 Å². The van der Waals surface area contributed by atoms with E-state index in [-0.39, 0.29) is 6.10 Å². The molecule has 0 radical (unpaired) electrons. The number of fused-ring (bicyclic) bond motifs is 2. The lowest BCUT2D eigenvalue weighted by Gasteiger charge is -2.33. The number of anilines is 5. The van der Waals surface area contributed by atoms with Gasteiger partial charge in [0.05, 0.1) is 41.1 Å². The van der Waals surface area contributed by atoms with Gasteiger partial charge in [0.2, 0.25) is 0 Å². The molecular weight excluding hydrogens is 524 g/mol. The summed E-state index contributed by atoms with van der Waals surface area (Å²) in [5.74, 6) is 0.725. The molecule has 1 aliphatic rings. The predicted molar refractivity (Wildman–Crippen MR) is 169 cm³/mol. The van der Waals surface area contributed by atoms with Crippen LogP contribution < -0.4 is 15.5 Å². The van der Waals surface area contributed by atoms with Gasteiger partial charge in [0.1, 0.15) is 5.69 Å². The maximum absolute atomic E-state index is 5.74. The molecule has 0 bridgehead atoms. The largest absolute Gasteiger partial charge is 0.375 e. The molecule has 2 aromatic carbocycles. The Morgan fingerprint density at radius 2 is 1.69 bits per heavy atom. The fourth-order valence-electron chi connectivity index (χ4n) is 5.46. The van der Waals surface area contributed by atoms with Crippen LogP contribution in [-0.2, 0) is 4.74 Å². The molecule has 0 spiro atoms. The quantitative estimate of drug-likeness (QED) is 0.204. The Kier molecular flexibility index (Phi) is 6.64. The summed E-state index contributed by atoms with van der Waals surface area (Å²) >= 11 is 0. The smallest absolute Gasteiger partial charge is 0.157 e. The maximum atomic E-state index is 5.74. The van der Waals surface area contributed by atoms with Crippen molar-refractivity contribution >= 4 is 50.4 Å². The molecule has 5 heterocycles. The second-order valence-corrected chi connectivity index (χ2v) is 10.8. The van der Waals surface area contributed by atoms with E-state index in [4.69, 9.17) is 19.7 Å². The summed E-state index contributed by atoms with van der Waals surface area (Å²) in [6.45, 7) is 8.61. The molecule has 210 valence electrons. The average molecular weight is 557 g/mol. The van der Waals surface area contributed by atoms with Crippen LogP contribution in [0.1, 0.15) is 18.3 Å². The molecule has 1 saturated heterocycles. The molecular formula is C33H32N8O. The molecule has 0 aliphatic carbocycles. The second kappa shape index (κ2) is 10.8. The maximum Gasteiger partial charge on any atom is 0.157 e. The number of benzene rings is 2. The summed E-state index contributed by atoms with van der Waals surface area (Å²) in [7, 11) is 0. The third kappa shape index (κ3) is 5.34. The number of nitrogens with one attached hydrogen (secondary N) is 3. The van der Waals surface area contributed by atoms with E-state index < -0.39 is 0 Å². The van der Waals surface area contributed by atoms with E-state index >= 15 is 0 Å². The first kappa shape index (κ1) is 25.9. The fraction of sp³-hybridized carbons (Fsp3) is 0.212. The number of nitrogens with zero attached hydrogens (tertiary/aromatic N) is 5. The molecule has 1 atom stereocenters.